The van der Waals surface area contributed by atoms with E-state index in [0.29, 0.717) is 4.99 Å². The Morgan fingerprint density at radius 3 is 2.21 bits per heavy atom. The maximum atomic E-state index is 12.5. The Labute approximate surface area is 120 Å². The van der Waals surface area contributed by atoms with Gasteiger partial charge < -0.3 is 11.1 Å². The second-order valence-electron chi connectivity index (χ2n) is 5.59. The average molecular weight is 278 g/mol. The minimum absolute atomic E-state index is 0.0646. The fraction of sp³-hybridized carbons (Fsp3) is 0.467. The summed E-state index contributed by atoms with van der Waals surface area (Å²) in [7, 11) is 0. The topological polar surface area (TPSA) is 55.1 Å². The zero-order valence-electron chi connectivity index (χ0n) is 11.9. The van der Waals surface area contributed by atoms with E-state index in [0.717, 1.165) is 5.56 Å². The van der Waals surface area contributed by atoms with Crippen molar-refractivity contribution in [2.45, 2.75) is 39.2 Å². The Morgan fingerprint density at radius 1 is 1.26 bits per heavy atom. The van der Waals surface area contributed by atoms with Gasteiger partial charge >= 0.3 is 0 Å². The number of carbonyl (C=O) groups excluding carboxylic acids is 1. The second-order valence-corrected chi connectivity index (χ2v) is 6.06. The lowest BCUT2D eigenvalue weighted by molar-refractivity contribution is -0.126. The molecule has 3 N–H and O–H groups in total. The lowest BCUT2D eigenvalue weighted by atomic mass is 9.83. The minimum atomic E-state index is -0.612. The van der Waals surface area contributed by atoms with Crippen LogP contribution in [0.3, 0.4) is 0 Å². The number of nitrogens with one attached hydrogen (secondary N) is 1. The van der Waals surface area contributed by atoms with Crippen LogP contribution in [0.1, 0.15) is 33.3 Å². The Balaban J connectivity index is 2.91. The van der Waals surface area contributed by atoms with E-state index in [1.165, 1.54) is 0 Å². The molecule has 0 saturated heterocycles. The fourth-order valence-electron chi connectivity index (χ4n) is 1.87. The summed E-state index contributed by atoms with van der Waals surface area (Å²) in [6, 6.07) is 9.42. The molecule has 0 heterocycles. The van der Waals surface area contributed by atoms with Gasteiger partial charge in [-0.1, -0.05) is 56.4 Å². The highest BCUT2D eigenvalue weighted by molar-refractivity contribution is 7.80. The highest BCUT2D eigenvalue weighted by Crippen LogP contribution is 2.23. The first-order valence-electron chi connectivity index (χ1n) is 6.42. The molecule has 0 saturated carbocycles. The molecule has 0 aromatic heterocycles. The van der Waals surface area contributed by atoms with Gasteiger partial charge in [-0.25, -0.2) is 0 Å². The third-order valence-electron chi connectivity index (χ3n) is 3.32. The molecule has 1 aromatic carbocycles. The van der Waals surface area contributed by atoms with E-state index in [-0.39, 0.29) is 17.9 Å². The Hall–Kier alpha value is -1.42. The van der Waals surface area contributed by atoms with Crippen molar-refractivity contribution in [3.63, 3.8) is 0 Å². The van der Waals surface area contributed by atoms with Crippen LogP contribution >= 0.6 is 12.2 Å². The van der Waals surface area contributed by atoms with E-state index >= 15 is 0 Å². The third kappa shape index (κ3) is 3.77. The second kappa shape index (κ2) is 6.15. The number of amides is 1. The van der Waals surface area contributed by atoms with Gasteiger partial charge in [-0.3, -0.25) is 4.79 Å². The van der Waals surface area contributed by atoms with Gasteiger partial charge in [0.15, 0.2) is 0 Å². The van der Waals surface area contributed by atoms with Crippen LogP contribution in [-0.4, -0.2) is 16.9 Å². The van der Waals surface area contributed by atoms with E-state index in [2.05, 4.69) is 5.32 Å². The zero-order valence-corrected chi connectivity index (χ0v) is 12.8. The van der Waals surface area contributed by atoms with E-state index in [1.54, 1.807) is 0 Å². The van der Waals surface area contributed by atoms with Gasteiger partial charge in [0.25, 0.3) is 0 Å². The van der Waals surface area contributed by atoms with Crippen LogP contribution in [-0.2, 0) is 10.2 Å². The highest BCUT2D eigenvalue weighted by atomic mass is 32.1. The number of thiocarbonyl (C=S) groups is 1. The summed E-state index contributed by atoms with van der Waals surface area (Å²) < 4.78 is 0. The van der Waals surface area contributed by atoms with Gasteiger partial charge in [-0.2, -0.15) is 0 Å². The van der Waals surface area contributed by atoms with Crippen molar-refractivity contribution in [2.24, 2.45) is 11.7 Å². The van der Waals surface area contributed by atoms with Crippen LogP contribution in [0.4, 0.5) is 0 Å². The molecule has 0 spiro atoms. The van der Waals surface area contributed by atoms with Gasteiger partial charge in [0, 0.05) is 0 Å². The molecule has 0 aliphatic carbocycles. The van der Waals surface area contributed by atoms with Crippen LogP contribution in [0.25, 0.3) is 0 Å². The summed E-state index contributed by atoms with van der Waals surface area (Å²) in [5.74, 6) is 0.109. The first-order chi connectivity index (χ1) is 8.76. The minimum Gasteiger partial charge on any atom is -0.392 e. The van der Waals surface area contributed by atoms with Crippen LogP contribution in [0, 0.1) is 5.92 Å². The molecule has 1 amide bonds. The van der Waals surface area contributed by atoms with Gasteiger partial charge in [-0.15, -0.1) is 0 Å². The third-order valence-corrected chi connectivity index (χ3v) is 3.58. The molecule has 104 valence electrons. The average Bonchev–Trinajstić information content (AvgIpc) is 2.35. The van der Waals surface area contributed by atoms with Gasteiger partial charge in [-0.05, 0) is 25.3 Å². The first-order valence-corrected chi connectivity index (χ1v) is 6.83. The quantitative estimate of drug-likeness (QED) is 0.813. The summed E-state index contributed by atoms with van der Waals surface area (Å²) in [6.45, 7) is 7.77. The smallest absolute Gasteiger partial charge is 0.230 e. The standard InChI is InChI=1S/C15H22N2OS/c1-10(2)12(13(16)19)17-14(18)15(3,4)11-8-6-5-7-9-11/h5-10,12H,1-4H3,(H2,16,19)(H,17,18). The first kappa shape index (κ1) is 15.6. The van der Waals surface area contributed by atoms with Crippen LogP contribution < -0.4 is 11.1 Å². The molecular formula is C15H22N2OS. The van der Waals surface area contributed by atoms with Crippen LogP contribution in [0.15, 0.2) is 30.3 Å². The molecule has 0 bridgehead atoms. The van der Waals surface area contributed by atoms with E-state index < -0.39 is 5.41 Å². The van der Waals surface area contributed by atoms with Gasteiger partial charge in [0.05, 0.1) is 16.4 Å². The maximum absolute atomic E-state index is 12.5. The molecule has 0 fully saturated rings. The lowest BCUT2D eigenvalue weighted by Crippen LogP contribution is -2.52. The molecule has 1 aromatic rings. The van der Waals surface area contributed by atoms with Crippen molar-refractivity contribution in [2.75, 3.05) is 0 Å². The molecule has 3 nitrogen and oxygen atoms in total. The molecule has 1 rings (SSSR count). The molecule has 1 unspecified atom stereocenters. The van der Waals surface area contributed by atoms with Crippen molar-refractivity contribution in [3.05, 3.63) is 35.9 Å². The molecule has 0 aliphatic heterocycles. The Bertz CT molecular complexity index is 454. The van der Waals surface area contributed by atoms with Crippen molar-refractivity contribution in [1.82, 2.24) is 5.32 Å². The predicted octanol–water partition coefficient (Wildman–Crippen LogP) is 2.39. The highest BCUT2D eigenvalue weighted by Gasteiger charge is 2.32. The van der Waals surface area contributed by atoms with Crippen molar-refractivity contribution >= 4 is 23.1 Å². The molecule has 0 radical (unpaired) electrons. The summed E-state index contributed by atoms with van der Waals surface area (Å²) >= 11 is 5.01. The largest absolute Gasteiger partial charge is 0.392 e. The number of hydrogen-bond acceptors (Lipinski definition) is 2. The van der Waals surface area contributed by atoms with Crippen LogP contribution in [0.2, 0.25) is 0 Å². The monoisotopic (exact) mass is 278 g/mol. The van der Waals surface area contributed by atoms with E-state index in [1.807, 2.05) is 58.0 Å². The SMILES string of the molecule is CC(C)C(NC(=O)C(C)(C)c1ccccc1)C(N)=S. The maximum Gasteiger partial charge on any atom is 0.230 e. The van der Waals surface area contributed by atoms with Crippen LogP contribution in [0.5, 0.6) is 0 Å². The molecule has 4 heteroatoms. The number of rotatable bonds is 5. The number of nitrogens with two attached hydrogens (primary N) is 1. The normalized spacial score (nSPS) is 13.1. The number of carbonyl (C=O) groups is 1. The molecular weight excluding hydrogens is 256 g/mol. The van der Waals surface area contributed by atoms with Gasteiger partial charge in [0.1, 0.15) is 0 Å². The molecule has 0 aliphatic rings. The lowest BCUT2D eigenvalue weighted by Gasteiger charge is -2.29. The van der Waals surface area contributed by atoms with Crippen molar-refractivity contribution in [1.29, 1.82) is 0 Å². The van der Waals surface area contributed by atoms with E-state index in [4.69, 9.17) is 18.0 Å². The number of hydrogen-bond donors (Lipinski definition) is 2. The Morgan fingerprint density at radius 2 is 1.79 bits per heavy atom. The summed E-state index contributed by atoms with van der Waals surface area (Å²) in [6.07, 6.45) is 0. The Kier molecular flexibility index (Phi) is 5.06. The van der Waals surface area contributed by atoms with Crippen molar-refractivity contribution < 1.29 is 4.79 Å². The summed E-state index contributed by atoms with van der Waals surface area (Å²) in [5, 5.41) is 2.95. The number of benzene rings is 1. The van der Waals surface area contributed by atoms with Gasteiger partial charge in [0.2, 0.25) is 5.91 Å². The predicted molar refractivity (Wildman–Crippen MR) is 83.0 cm³/mol. The van der Waals surface area contributed by atoms with Crippen molar-refractivity contribution in [3.8, 4) is 0 Å². The summed E-state index contributed by atoms with van der Waals surface area (Å²) in [5.41, 5.74) is 6.04. The molecule has 19 heavy (non-hydrogen) atoms. The summed E-state index contributed by atoms with van der Waals surface area (Å²) in [4.78, 5) is 12.8. The molecule has 1 atom stereocenters. The zero-order chi connectivity index (χ0) is 14.6. The van der Waals surface area contributed by atoms with E-state index in [9.17, 15) is 4.79 Å². The fourth-order valence-corrected chi connectivity index (χ4v) is 2.20.